The van der Waals surface area contributed by atoms with Crippen molar-refractivity contribution in [3.63, 3.8) is 0 Å². The first-order valence-electron chi connectivity index (χ1n) is 9.32. The van der Waals surface area contributed by atoms with Gasteiger partial charge in [-0.3, -0.25) is 0 Å². The molecule has 0 bridgehead atoms. The van der Waals surface area contributed by atoms with Gasteiger partial charge in [-0.15, -0.1) is 0 Å². The van der Waals surface area contributed by atoms with Crippen LogP contribution in [0, 0.1) is 5.92 Å². The first kappa shape index (κ1) is 17.9. The molecule has 0 amide bonds. The van der Waals surface area contributed by atoms with Gasteiger partial charge >= 0.3 is 0 Å². The minimum absolute atomic E-state index is 0.760. The first-order valence-corrected chi connectivity index (χ1v) is 11.3. The molecule has 0 aliphatic rings. The van der Waals surface area contributed by atoms with Crippen molar-refractivity contribution >= 4 is 23.2 Å². The van der Waals surface area contributed by atoms with Gasteiger partial charge in [0.05, 0.1) is 6.16 Å². The van der Waals surface area contributed by atoms with Gasteiger partial charge in [-0.2, -0.15) is 0 Å². The lowest BCUT2D eigenvalue weighted by Crippen LogP contribution is -2.33. The summed E-state index contributed by atoms with van der Waals surface area (Å²) in [6.07, 6.45) is 3.75. The minimum atomic E-state index is -1.62. The van der Waals surface area contributed by atoms with Crippen molar-refractivity contribution in [1.29, 1.82) is 0 Å². The Morgan fingerprint density at radius 3 is 1.32 bits per heavy atom. The highest BCUT2D eigenvalue weighted by molar-refractivity contribution is 7.95. The third kappa shape index (κ3) is 3.86. The Kier molecular flexibility index (Phi) is 6.05. The van der Waals surface area contributed by atoms with E-state index >= 15 is 0 Å². The quantitative estimate of drug-likeness (QED) is 0.501. The van der Waals surface area contributed by atoms with Gasteiger partial charge in [-0.1, -0.05) is 74.9 Å². The topological polar surface area (TPSA) is 0 Å². The summed E-state index contributed by atoms with van der Waals surface area (Å²) in [5, 5.41) is 4.49. The van der Waals surface area contributed by atoms with Gasteiger partial charge in [0.1, 0.15) is 23.2 Å². The summed E-state index contributed by atoms with van der Waals surface area (Å²) < 4.78 is 0. The molecular formula is C24H28P+. The van der Waals surface area contributed by atoms with Crippen molar-refractivity contribution < 1.29 is 0 Å². The lowest BCUT2D eigenvalue weighted by molar-refractivity contribution is 0.547. The summed E-state index contributed by atoms with van der Waals surface area (Å²) in [6.45, 7) is 4.69. The van der Waals surface area contributed by atoms with Crippen molar-refractivity contribution in [2.45, 2.75) is 26.7 Å². The Labute approximate surface area is 153 Å². The summed E-state index contributed by atoms with van der Waals surface area (Å²) in [5.74, 6) is 0.760. The fourth-order valence-corrected chi connectivity index (χ4v) is 8.04. The molecule has 0 nitrogen and oxygen atoms in total. The predicted molar refractivity (Wildman–Crippen MR) is 114 cm³/mol. The van der Waals surface area contributed by atoms with Crippen molar-refractivity contribution in [2.24, 2.45) is 5.92 Å². The fraction of sp³-hybridized carbons (Fsp3) is 0.250. The molecule has 0 heterocycles. The minimum Gasteiger partial charge on any atom is -0.0651 e. The highest BCUT2D eigenvalue weighted by Crippen LogP contribution is 2.56. The first-order chi connectivity index (χ1) is 12.3. The Morgan fingerprint density at radius 2 is 1.00 bits per heavy atom. The summed E-state index contributed by atoms with van der Waals surface area (Å²) >= 11 is 0. The van der Waals surface area contributed by atoms with Crippen LogP contribution in [-0.2, 0) is 0 Å². The molecule has 0 aliphatic carbocycles. The van der Waals surface area contributed by atoms with Gasteiger partial charge < -0.3 is 0 Å². The summed E-state index contributed by atoms with van der Waals surface area (Å²) in [6, 6.07) is 33.6. The molecule has 0 saturated heterocycles. The van der Waals surface area contributed by atoms with E-state index in [1.54, 1.807) is 0 Å². The normalized spacial score (nSPS) is 12.7. The second kappa shape index (κ2) is 8.45. The maximum absolute atomic E-state index is 2.38. The Morgan fingerprint density at radius 1 is 0.640 bits per heavy atom. The summed E-state index contributed by atoms with van der Waals surface area (Å²) in [4.78, 5) is 0. The van der Waals surface area contributed by atoms with Crippen LogP contribution in [-0.4, -0.2) is 6.16 Å². The van der Waals surface area contributed by atoms with Gasteiger partial charge in [0.2, 0.25) is 0 Å². The number of hydrogen-bond donors (Lipinski definition) is 0. The van der Waals surface area contributed by atoms with Crippen LogP contribution in [0.3, 0.4) is 0 Å². The van der Waals surface area contributed by atoms with Crippen LogP contribution >= 0.6 is 7.26 Å². The van der Waals surface area contributed by atoms with E-state index < -0.39 is 7.26 Å². The molecule has 0 saturated carbocycles. The van der Waals surface area contributed by atoms with Crippen LogP contribution in [0.1, 0.15) is 26.7 Å². The van der Waals surface area contributed by atoms with E-state index in [0.717, 1.165) is 5.92 Å². The van der Waals surface area contributed by atoms with Crippen LogP contribution in [0.5, 0.6) is 0 Å². The van der Waals surface area contributed by atoms with Crippen LogP contribution < -0.4 is 15.9 Å². The number of rotatable bonds is 7. The van der Waals surface area contributed by atoms with Gasteiger partial charge in [0.15, 0.2) is 0 Å². The second-order valence-corrected chi connectivity index (χ2v) is 10.5. The molecule has 0 aromatic heterocycles. The molecule has 0 aliphatic heterocycles. The van der Waals surface area contributed by atoms with E-state index in [4.69, 9.17) is 0 Å². The zero-order valence-electron chi connectivity index (χ0n) is 15.3. The average molecular weight is 347 g/mol. The van der Waals surface area contributed by atoms with Gasteiger partial charge in [0.25, 0.3) is 0 Å². The molecular weight excluding hydrogens is 319 g/mol. The van der Waals surface area contributed by atoms with Crippen molar-refractivity contribution in [2.75, 3.05) is 6.16 Å². The SMILES string of the molecule is CCC(C)CC[P+](c1ccccc1)(c1ccccc1)c1ccccc1. The molecule has 128 valence electrons. The van der Waals surface area contributed by atoms with Gasteiger partial charge in [-0.05, 0) is 48.7 Å². The fourth-order valence-electron chi connectivity index (χ4n) is 3.50. The lowest BCUT2D eigenvalue weighted by atomic mass is 10.1. The Balaban J connectivity index is 2.20. The Hall–Kier alpha value is -1.91. The summed E-state index contributed by atoms with van der Waals surface area (Å²) in [7, 11) is -1.62. The molecule has 1 atom stereocenters. The molecule has 3 aromatic rings. The van der Waals surface area contributed by atoms with Crippen molar-refractivity contribution in [3.05, 3.63) is 91.0 Å². The third-order valence-electron chi connectivity index (χ3n) is 5.25. The molecule has 3 rings (SSSR count). The smallest absolute Gasteiger partial charge is 0.0651 e. The number of hydrogen-bond acceptors (Lipinski definition) is 0. The maximum atomic E-state index is 2.38. The molecule has 1 unspecified atom stereocenters. The molecule has 3 aromatic carbocycles. The van der Waals surface area contributed by atoms with E-state index in [0.29, 0.717) is 0 Å². The van der Waals surface area contributed by atoms with E-state index in [2.05, 4.69) is 105 Å². The third-order valence-corrected chi connectivity index (χ3v) is 9.71. The Bertz CT molecular complexity index is 653. The largest absolute Gasteiger partial charge is 0.112 e. The van der Waals surface area contributed by atoms with Crippen molar-refractivity contribution in [1.82, 2.24) is 0 Å². The number of benzene rings is 3. The summed E-state index contributed by atoms with van der Waals surface area (Å²) in [5.41, 5.74) is 0. The van der Waals surface area contributed by atoms with E-state index in [-0.39, 0.29) is 0 Å². The molecule has 1 heteroatoms. The molecule has 0 radical (unpaired) electrons. The molecule has 0 fully saturated rings. The molecule has 25 heavy (non-hydrogen) atoms. The zero-order valence-corrected chi connectivity index (χ0v) is 16.2. The van der Waals surface area contributed by atoms with Crippen LogP contribution in [0.25, 0.3) is 0 Å². The maximum Gasteiger partial charge on any atom is 0.112 e. The molecule has 0 spiro atoms. The average Bonchev–Trinajstić information content (AvgIpc) is 2.71. The lowest BCUT2D eigenvalue weighted by Gasteiger charge is -2.28. The second-order valence-electron chi connectivity index (χ2n) is 6.84. The van der Waals surface area contributed by atoms with Crippen LogP contribution in [0.4, 0.5) is 0 Å². The van der Waals surface area contributed by atoms with E-state index in [9.17, 15) is 0 Å². The monoisotopic (exact) mass is 347 g/mol. The highest BCUT2D eigenvalue weighted by atomic mass is 31.2. The highest BCUT2D eigenvalue weighted by Gasteiger charge is 2.44. The van der Waals surface area contributed by atoms with Crippen LogP contribution in [0.15, 0.2) is 91.0 Å². The van der Waals surface area contributed by atoms with E-state index in [1.165, 1.54) is 34.9 Å². The standard InChI is InChI=1S/C24H28P/c1-3-21(2)19-20-25(22-13-7-4-8-14-22,23-15-9-5-10-16-23)24-17-11-6-12-18-24/h4-18,21H,3,19-20H2,1-2H3/q+1. The molecule has 0 N–H and O–H groups in total. The van der Waals surface area contributed by atoms with Crippen LogP contribution in [0.2, 0.25) is 0 Å². The zero-order chi connectivity index (χ0) is 17.5. The van der Waals surface area contributed by atoms with E-state index in [1.807, 2.05) is 0 Å². The predicted octanol–water partition coefficient (Wildman–Crippen LogP) is 5.42. The van der Waals surface area contributed by atoms with Gasteiger partial charge in [-0.25, -0.2) is 0 Å². The van der Waals surface area contributed by atoms with Gasteiger partial charge in [0, 0.05) is 0 Å². The van der Waals surface area contributed by atoms with Crippen molar-refractivity contribution in [3.8, 4) is 0 Å².